The summed E-state index contributed by atoms with van der Waals surface area (Å²) in [6, 6.07) is 10.2. The van der Waals surface area contributed by atoms with Crippen LogP contribution in [0.1, 0.15) is 22.3 Å². The van der Waals surface area contributed by atoms with Crippen LogP contribution in [0.25, 0.3) is 0 Å². The zero-order chi connectivity index (χ0) is 17.3. The fraction of sp³-hybridized carbons (Fsp3) is 0.222. The van der Waals surface area contributed by atoms with Crippen molar-refractivity contribution in [3.05, 3.63) is 65.2 Å². The number of anilines is 1. The molecule has 0 bridgehead atoms. The largest absolute Gasteiger partial charge is 0.347 e. The minimum absolute atomic E-state index is 0.0929. The van der Waals surface area contributed by atoms with Crippen LogP contribution in [0.5, 0.6) is 0 Å². The molecule has 124 valence electrons. The van der Waals surface area contributed by atoms with Gasteiger partial charge in [-0.2, -0.15) is 0 Å². The quantitative estimate of drug-likeness (QED) is 0.941. The summed E-state index contributed by atoms with van der Waals surface area (Å²) in [7, 11) is 0. The molecule has 0 saturated carbocycles. The number of amides is 2. The van der Waals surface area contributed by atoms with Crippen molar-refractivity contribution in [3.8, 4) is 0 Å². The molecule has 0 radical (unpaired) electrons. The third-order valence-corrected chi connectivity index (χ3v) is 4.00. The predicted molar refractivity (Wildman–Crippen MR) is 85.8 cm³/mol. The Balaban J connectivity index is 1.72. The van der Waals surface area contributed by atoms with Crippen LogP contribution in [0.4, 0.5) is 14.5 Å². The monoisotopic (exact) mass is 330 g/mol. The Labute approximate surface area is 138 Å². The molecule has 1 atom stereocenters. The second-order valence-electron chi connectivity index (χ2n) is 5.81. The topological polar surface area (TPSA) is 49.4 Å². The number of carbonyl (C=O) groups excluding carboxylic acids is 2. The van der Waals surface area contributed by atoms with Crippen molar-refractivity contribution in [2.75, 3.05) is 11.4 Å². The van der Waals surface area contributed by atoms with Gasteiger partial charge < -0.3 is 10.2 Å². The second kappa shape index (κ2) is 6.39. The molecule has 1 aliphatic rings. The minimum Gasteiger partial charge on any atom is -0.347 e. The van der Waals surface area contributed by atoms with Gasteiger partial charge in [-0.1, -0.05) is 23.8 Å². The number of carbonyl (C=O) groups is 2. The van der Waals surface area contributed by atoms with Gasteiger partial charge in [0, 0.05) is 18.7 Å². The van der Waals surface area contributed by atoms with Crippen molar-refractivity contribution < 1.29 is 18.4 Å². The number of halogens is 2. The lowest BCUT2D eigenvalue weighted by atomic mass is 10.1. The SMILES string of the molecule is Cc1ccc(N2CC(NC(=O)c3c(F)cccc3F)CC2=O)cc1. The van der Waals surface area contributed by atoms with Gasteiger partial charge in [-0.3, -0.25) is 9.59 Å². The average molecular weight is 330 g/mol. The van der Waals surface area contributed by atoms with Crippen molar-refractivity contribution in [3.63, 3.8) is 0 Å². The number of benzene rings is 2. The minimum atomic E-state index is -0.924. The van der Waals surface area contributed by atoms with E-state index in [-0.39, 0.29) is 18.9 Å². The summed E-state index contributed by atoms with van der Waals surface area (Å²) in [5, 5.41) is 2.54. The maximum Gasteiger partial charge on any atom is 0.257 e. The Hall–Kier alpha value is -2.76. The molecule has 1 heterocycles. The lowest BCUT2D eigenvalue weighted by molar-refractivity contribution is -0.117. The predicted octanol–water partition coefficient (Wildman–Crippen LogP) is 2.81. The summed E-state index contributed by atoms with van der Waals surface area (Å²) in [6.07, 6.45) is 0.0929. The van der Waals surface area contributed by atoms with Crippen molar-refractivity contribution in [2.45, 2.75) is 19.4 Å². The van der Waals surface area contributed by atoms with Crippen LogP contribution in [-0.2, 0) is 4.79 Å². The Morgan fingerprint density at radius 3 is 2.38 bits per heavy atom. The molecule has 24 heavy (non-hydrogen) atoms. The van der Waals surface area contributed by atoms with Gasteiger partial charge >= 0.3 is 0 Å². The van der Waals surface area contributed by atoms with Crippen molar-refractivity contribution in [2.24, 2.45) is 0 Å². The van der Waals surface area contributed by atoms with Gasteiger partial charge in [-0.15, -0.1) is 0 Å². The van der Waals surface area contributed by atoms with Gasteiger partial charge in [0.25, 0.3) is 5.91 Å². The lowest BCUT2D eigenvalue weighted by Gasteiger charge is -2.17. The Bertz CT molecular complexity index is 770. The summed E-state index contributed by atoms with van der Waals surface area (Å²) >= 11 is 0. The smallest absolute Gasteiger partial charge is 0.257 e. The number of nitrogens with one attached hydrogen (secondary N) is 1. The molecular weight excluding hydrogens is 314 g/mol. The second-order valence-corrected chi connectivity index (χ2v) is 5.81. The average Bonchev–Trinajstić information content (AvgIpc) is 2.88. The molecule has 2 amide bonds. The van der Waals surface area contributed by atoms with E-state index in [1.54, 1.807) is 4.90 Å². The highest BCUT2D eigenvalue weighted by Crippen LogP contribution is 2.22. The summed E-state index contributed by atoms with van der Waals surface area (Å²) in [4.78, 5) is 25.8. The third kappa shape index (κ3) is 3.13. The van der Waals surface area contributed by atoms with Crippen LogP contribution >= 0.6 is 0 Å². The highest BCUT2D eigenvalue weighted by atomic mass is 19.1. The van der Waals surface area contributed by atoms with Crippen LogP contribution in [0.2, 0.25) is 0 Å². The molecule has 2 aromatic carbocycles. The first-order valence-electron chi connectivity index (χ1n) is 7.57. The van der Waals surface area contributed by atoms with Crippen LogP contribution in [0.15, 0.2) is 42.5 Å². The molecule has 6 heteroatoms. The van der Waals surface area contributed by atoms with Gasteiger partial charge in [0.05, 0.1) is 6.04 Å². The molecule has 1 fully saturated rings. The van der Waals surface area contributed by atoms with Crippen LogP contribution in [0, 0.1) is 18.6 Å². The van der Waals surface area contributed by atoms with E-state index < -0.39 is 29.1 Å². The van der Waals surface area contributed by atoms with E-state index in [1.165, 1.54) is 6.07 Å². The lowest BCUT2D eigenvalue weighted by Crippen LogP contribution is -2.38. The molecule has 4 nitrogen and oxygen atoms in total. The maximum atomic E-state index is 13.7. The number of nitrogens with zero attached hydrogens (tertiary/aromatic N) is 1. The van der Waals surface area contributed by atoms with E-state index in [2.05, 4.69) is 5.32 Å². The molecule has 1 saturated heterocycles. The number of rotatable bonds is 3. The molecule has 1 N–H and O–H groups in total. The van der Waals surface area contributed by atoms with E-state index in [0.717, 1.165) is 23.4 Å². The van der Waals surface area contributed by atoms with Crippen molar-refractivity contribution in [1.29, 1.82) is 0 Å². The summed E-state index contributed by atoms with van der Waals surface area (Å²) in [6.45, 7) is 2.21. The Morgan fingerprint density at radius 2 is 1.75 bits per heavy atom. The van der Waals surface area contributed by atoms with Crippen LogP contribution in [0.3, 0.4) is 0 Å². The van der Waals surface area contributed by atoms with Crippen molar-refractivity contribution >= 4 is 17.5 Å². The number of hydrogen-bond acceptors (Lipinski definition) is 2. The number of hydrogen-bond donors (Lipinski definition) is 1. The maximum absolute atomic E-state index is 13.7. The molecule has 0 aliphatic carbocycles. The molecular formula is C18H16F2N2O2. The third-order valence-electron chi connectivity index (χ3n) is 4.00. The van der Waals surface area contributed by atoms with E-state index in [0.29, 0.717) is 0 Å². The van der Waals surface area contributed by atoms with Gasteiger partial charge in [0.1, 0.15) is 17.2 Å². The van der Waals surface area contributed by atoms with E-state index in [9.17, 15) is 18.4 Å². The molecule has 2 aromatic rings. The standard InChI is InChI=1S/C18H16F2N2O2/c1-11-5-7-13(8-6-11)22-10-12(9-16(22)23)21-18(24)17-14(19)3-2-4-15(17)20/h2-8,12H,9-10H2,1H3,(H,21,24). The summed E-state index contributed by atoms with van der Waals surface area (Å²) in [5.74, 6) is -2.84. The van der Waals surface area contributed by atoms with Gasteiger partial charge in [-0.05, 0) is 31.2 Å². The fourth-order valence-corrected chi connectivity index (χ4v) is 2.75. The Morgan fingerprint density at radius 1 is 1.12 bits per heavy atom. The molecule has 0 spiro atoms. The highest BCUT2D eigenvalue weighted by Gasteiger charge is 2.32. The molecule has 3 rings (SSSR count). The Kier molecular flexibility index (Phi) is 4.29. The summed E-state index contributed by atoms with van der Waals surface area (Å²) in [5.41, 5.74) is 1.18. The van der Waals surface area contributed by atoms with Gasteiger partial charge in [-0.25, -0.2) is 8.78 Å². The van der Waals surface area contributed by atoms with Crippen molar-refractivity contribution in [1.82, 2.24) is 5.32 Å². The number of aryl methyl sites for hydroxylation is 1. The first kappa shape index (κ1) is 16.1. The van der Waals surface area contributed by atoms with E-state index in [1.807, 2.05) is 31.2 Å². The first-order valence-corrected chi connectivity index (χ1v) is 7.57. The molecule has 0 aromatic heterocycles. The summed E-state index contributed by atoms with van der Waals surface area (Å²) < 4.78 is 27.3. The van der Waals surface area contributed by atoms with Crippen LogP contribution < -0.4 is 10.2 Å². The highest BCUT2D eigenvalue weighted by molar-refractivity contribution is 5.99. The normalized spacial score (nSPS) is 17.2. The molecule has 1 unspecified atom stereocenters. The van der Waals surface area contributed by atoms with Gasteiger partial charge in [0.2, 0.25) is 5.91 Å². The zero-order valence-electron chi connectivity index (χ0n) is 13.1. The van der Waals surface area contributed by atoms with E-state index in [4.69, 9.17) is 0 Å². The van der Waals surface area contributed by atoms with Crippen LogP contribution in [-0.4, -0.2) is 24.4 Å². The molecule has 1 aliphatic heterocycles. The van der Waals surface area contributed by atoms with Gasteiger partial charge in [0.15, 0.2) is 0 Å². The zero-order valence-corrected chi connectivity index (χ0v) is 13.1. The van der Waals surface area contributed by atoms with E-state index >= 15 is 0 Å². The fourth-order valence-electron chi connectivity index (χ4n) is 2.75. The first-order chi connectivity index (χ1) is 11.5.